The third-order valence-corrected chi connectivity index (χ3v) is 2.93. The Hall–Kier alpha value is -1.66. The maximum atomic E-state index is 7.43. The van der Waals surface area contributed by atoms with Gasteiger partial charge in [0.05, 0.1) is 16.2 Å². The van der Waals surface area contributed by atoms with Crippen LogP contribution in [0, 0.1) is 5.41 Å². The van der Waals surface area contributed by atoms with Crippen LogP contribution in [0.15, 0.2) is 34.9 Å². The van der Waals surface area contributed by atoms with Crippen LogP contribution in [0.5, 0.6) is 11.6 Å². The van der Waals surface area contributed by atoms with Crippen molar-refractivity contribution in [3.05, 3.63) is 45.5 Å². The second kappa shape index (κ2) is 5.32. The number of amidine groups is 1. The zero-order chi connectivity index (χ0) is 13.1. The summed E-state index contributed by atoms with van der Waals surface area (Å²) in [7, 11) is 0. The van der Waals surface area contributed by atoms with Crippen molar-refractivity contribution in [1.82, 2.24) is 10.2 Å². The maximum absolute atomic E-state index is 7.43. The summed E-state index contributed by atoms with van der Waals surface area (Å²) in [6.07, 6.45) is 1.44. The van der Waals surface area contributed by atoms with Gasteiger partial charge in [-0.15, -0.1) is 5.10 Å². The summed E-state index contributed by atoms with van der Waals surface area (Å²) in [5.74, 6) is 0.556. The van der Waals surface area contributed by atoms with Gasteiger partial charge in [0.2, 0.25) is 5.88 Å². The summed E-state index contributed by atoms with van der Waals surface area (Å²) in [6.45, 7) is 0. The first kappa shape index (κ1) is 12.8. The molecule has 0 aliphatic heterocycles. The molecular formula is C11H8BrClN4O. The number of aromatic nitrogens is 2. The van der Waals surface area contributed by atoms with Crippen LogP contribution in [0.1, 0.15) is 5.56 Å². The van der Waals surface area contributed by atoms with Crippen molar-refractivity contribution in [1.29, 1.82) is 5.41 Å². The minimum Gasteiger partial charge on any atom is -0.436 e. The molecule has 0 aliphatic carbocycles. The van der Waals surface area contributed by atoms with Crippen LogP contribution in [0.4, 0.5) is 0 Å². The Kier molecular flexibility index (Phi) is 3.78. The summed E-state index contributed by atoms with van der Waals surface area (Å²) in [5.41, 5.74) is 5.81. The van der Waals surface area contributed by atoms with Crippen molar-refractivity contribution >= 4 is 33.4 Å². The van der Waals surface area contributed by atoms with E-state index in [4.69, 9.17) is 27.5 Å². The Morgan fingerprint density at radius 2 is 2.17 bits per heavy atom. The Labute approximate surface area is 117 Å². The Morgan fingerprint density at radius 3 is 2.83 bits per heavy atom. The van der Waals surface area contributed by atoms with Crippen molar-refractivity contribution < 1.29 is 4.74 Å². The van der Waals surface area contributed by atoms with Crippen molar-refractivity contribution in [2.75, 3.05) is 0 Å². The summed E-state index contributed by atoms with van der Waals surface area (Å²) >= 11 is 9.16. The molecular weight excluding hydrogens is 320 g/mol. The fourth-order valence-electron chi connectivity index (χ4n) is 1.26. The average molecular weight is 328 g/mol. The van der Waals surface area contributed by atoms with E-state index in [0.717, 1.165) is 0 Å². The van der Waals surface area contributed by atoms with Gasteiger partial charge in [-0.25, -0.2) is 0 Å². The van der Waals surface area contributed by atoms with Gasteiger partial charge in [-0.1, -0.05) is 11.6 Å². The average Bonchev–Trinajstić information content (AvgIpc) is 2.33. The second-order valence-corrected chi connectivity index (χ2v) is 4.63. The molecule has 18 heavy (non-hydrogen) atoms. The number of nitrogens with zero attached hydrogens (tertiary/aromatic N) is 2. The van der Waals surface area contributed by atoms with Gasteiger partial charge in [0.25, 0.3) is 0 Å². The number of hydrogen-bond donors (Lipinski definition) is 2. The molecule has 0 unspecified atom stereocenters. The number of ether oxygens (including phenoxy) is 1. The zero-order valence-electron chi connectivity index (χ0n) is 9.02. The van der Waals surface area contributed by atoms with Crippen LogP contribution in [0.3, 0.4) is 0 Å². The van der Waals surface area contributed by atoms with E-state index in [-0.39, 0.29) is 11.7 Å². The highest BCUT2D eigenvalue weighted by Gasteiger charge is 2.11. The van der Waals surface area contributed by atoms with Gasteiger partial charge in [-0.05, 0) is 40.2 Å². The molecule has 7 heteroatoms. The molecule has 92 valence electrons. The lowest BCUT2D eigenvalue weighted by atomic mass is 10.3. The summed E-state index contributed by atoms with van der Waals surface area (Å²) in [4.78, 5) is 0. The van der Waals surface area contributed by atoms with Crippen molar-refractivity contribution in [3.63, 3.8) is 0 Å². The second-order valence-electron chi connectivity index (χ2n) is 3.34. The van der Waals surface area contributed by atoms with E-state index >= 15 is 0 Å². The Morgan fingerprint density at radius 1 is 1.39 bits per heavy atom. The molecule has 0 aliphatic rings. The molecule has 0 spiro atoms. The van der Waals surface area contributed by atoms with Gasteiger partial charge >= 0.3 is 0 Å². The first-order valence-corrected chi connectivity index (χ1v) is 6.04. The first-order chi connectivity index (χ1) is 8.58. The molecule has 2 rings (SSSR count). The van der Waals surface area contributed by atoms with E-state index in [1.807, 2.05) is 0 Å². The monoisotopic (exact) mass is 326 g/mol. The lowest BCUT2D eigenvalue weighted by Crippen LogP contribution is -2.13. The van der Waals surface area contributed by atoms with Gasteiger partial charge in [0.15, 0.2) is 0 Å². The van der Waals surface area contributed by atoms with Crippen molar-refractivity contribution in [2.45, 2.75) is 0 Å². The van der Waals surface area contributed by atoms with Gasteiger partial charge in [-0.2, -0.15) is 5.10 Å². The lowest BCUT2D eigenvalue weighted by molar-refractivity contribution is 0.451. The van der Waals surface area contributed by atoms with Gasteiger partial charge < -0.3 is 10.5 Å². The predicted molar refractivity (Wildman–Crippen MR) is 72.3 cm³/mol. The third-order valence-electron chi connectivity index (χ3n) is 2.08. The lowest BCUT2D eigenvalue weighted by Gasteiger charge is -2.09. The SMILES string of the molecule is N=C(N)c1ccnnc1Oc1ccc(Cl)cc1Br. The predicted octanol–water partition coefficient (Wildman–Crippen LogP) is 2.97. The maximum Gasteiger partial charge on any atom is 0.249 e. The minimum absolute atomic E-state index is 0.134. The highest BCUT2D eigenvalue weighted by Crippen LogP contribution is 2.31. The first-order valence-electron chi connectivity index (χ1n) is 4.87. The molecule has 2 aromatic rings. The Bertz CT molecular complexity index is 605. The summed E-state index contributed by atoms with van der Waals surface area (Å²) in [6, 6.07) is 6.63. The topological polar surface area (TPSA) is 84.9 Å². The van der Waals surface area contributed by atoms with E-state index in [1.54, 1.807) is 24.3 Å². The molecule has 3 N–H and O–H groups in total. The van der Waals surface area contributed by atoms with Crippen LogP contribution < -0.4 is 10.5 Å². The quantitative estimate of drug-likeness (QED) is 0.670. The van der Waals surface area contributed by atoms with Crippen LogP contribution >= 0.6 is 27.5 Å². The number of halogens is 2. The molecule has 0 saturated carbocycles. The smallest absolute Gasteiger partial charge is 0.249 e. The normalized spacial score (nSPS) is 10.1. The van der Waals surface area contributed by atoms with E-state index in [2.05, 4.69) is 26.1 Å². The van der Waals surface area contributed by atoms with Crippen molar-refractivity contribution in [3.8, 4) is 11.6 Å². The third kappa shape index (κ3) is 2.77. The number of hydrogen-bond acceptors (Lipinski definition) is 4. The minimum atomic E-state index is -0.134. The summed E-state index contributed by atoms with van der Waals surface area (Å²) in [5, 5.41) is 15.5. The van der Waals surface area contributed by atoms with Crippen LogP contribution in [0.25, 0.3) is 0 Å². The molecule has 5 nitrogen and oxygen atoms in total. The van der Waals surface area contributed by atoms with Gasteiger partial charge in [-0.3, -0.25) is 5.41 Å². The fraction of sp³-hybridized carbons (Fsp3) is 0. The van der Waals surface area contributed by atoms with E-state index in [1.165, 1.54) is 6.20 Å². The van der Waals surface area contributed by atoms with E-state index < -0.39 is 0 Å². The van der Waals surface area contributed by atoms with E-state index in [9.17, 15) is 0 Å². The van der Waals surface area contributed by atoms with Crippen molar-refractivity contribution in [2.24, 2.45) is 5.73 Å². The van der Waals surface area contributed by atoms with Gasteiger partial charge in [0.1, 0.15) is 11.6 Å². The van der Waals surface area contributed by atoms with Crippen LogP contribution in [-0.2, 0) is 0 Å². The highest BCUT2D eigenvalue weighted by atomic mass is 79.9. The number of rotatable bonds is 3. The van der Waals surface area contributed by atoms with Crippen LogP contribution in [0.2, 0.25) is 5.02 Å². The number of nitrogen functional groups attached to an aromatic ring is 1. The zero-order valence-corrected chi connectivity index (χ0v) is 11.4. The summed E-state index contributed by atoms with van der Waals surface area (Å²) < 4.78 is 6.23. The number of benzene rings is 1. The molecule has 1 aromatic heterocycles. The molecule has 0 fully saturated rings. The molecule has 1 heterocycles. The molecule has 0 bridgehead atoms. The molecule has 1 aromatic carbocycles. The number of nitrogens with two attached hydrogens (primary N) is 1. The van der Waals surface area contributed by atoms with Crippen LogP contribution in [-0.4, -0.2) is 16.0 Å². The standard InChI is InChI=1S/C11H8BrClN4O/c12-8-5-6(13)1-2-9(8)18-11-7(10(14)15)3-4-16-17-11/h1-5H,(H3,14,15). The highest BCUT2D eigenvalue weighted by molar-refractivity contribution is 9.10. The molecule has 0 saturated heterocycles. The molecule has 0 atom stereocenters. The Balaban J connectivity index is 2.37. The molecule has 0 radical (unpaired) electrons. The van der Waals surface area contributed by atoms with Gasteiger partial charge in [0, 0.05) is 5.02 Å². The largest absolute Gasteiger partial charge is 0.436 e. The fourth-order valence-corrected chi connectivity index (χ4v) is 2.02. The molecule has 0 amide bonds. The number of nitrogens with one attached hydrogen (secondary N) is 1. The van der Waals surface area contributed by atoms with E-state index in [0.29, 0.717) is 20.8 Å².